The molecule has 0 bridgehead atoms. The second-order valence-corrected chi connectivity index (χ2v) is 11.2. The van der Waals surface area contributed by atoms with E-state index in [0.29, 0.717) is 42.5 Å². The number of nitrogens with zero attached hydrogens (tertiary/aromatic N) is 6. The van der Waals surface area contributed by atoms with E-state index >= 15 is 0 Å². The van der Waals surface area contributed by atoms with E-state index in [2.05, 4.69) is 15.3 Å². The number of likely N-dealkylation sites (tertiary alicyclic amines) is 1. The van der Waals surface area contributed by atoms with Crippen molar-refractivity contribution in [1.29, 1.82) is 0 Å². The van der Waals surface area contributed by atoms with Gasteiger partial charge in [-0.2, -0.15) is 0 Å². The van der Waals surface area contributed by atoms with Crippen LogP contribution in [0, 0.1) is 12.8 Å². The van der Waals surface area contributed by atoms with Gasteiger partial charge in [0.15, 0.2) is 11.5 Å². The molecule has 202 valence electrons. The number of pyridine rings is 3. The fourth-order valence-corrected chi connectivity index (χ4v) is 4.64. The van der Waals surface area contributed by atoms with Gasteiger partial charge in [0.1, 0.15) is 23.3 Å². The fraction of sp³-hybridized carbons (Fsp3) is 0.429. The van der Waals surface area contributed by atoms with E-state index in [0.717, 1.165) is 34.9 Å². The summed E-state index contributed by atoms with van der Waals surface area (Å²) in [5.41, 5.74) is 1.70. The molecule has 11 nitrogen and oxygen atoms in total. The van der Waals surface area contributed by atoms with E-state index < -0.39 is 5.60 Å². The van der Waals surface area contributed by atoms with Gasteiger partial charge in [-0.25, -0.2) is 19.3 Å². The van der Waals surface area contributed by atoms with Crippen LogP contribution >= 0.6 is 0 Å². The van der Waals surface area contributed by atoms with Gasteiger partial charge in [-0.05, 0) is 58.7 Å². The number of ether oxygens (including phenoxy) is 2. The quantitative estimate of drug-likeness (QED) is 0.404. The second kappa shape index (κ2) is 9.48. The number of hydrogen-bond donors (Lipinski definition) is 1. The van der Waals surface area contributed by atoms with Crippen molar-refractivity contribution < 1.29 is 19.1 Å². The molecule has 1 saturated carbocycles. The zero-order valence-electron chi connectivity index (χ0n) is 22.5. The molecule has 1 aliphatic heterocycles. The predicted octanol–water partition coefficient (Wildman–Crippen LogP) is 4.38. The molecule has 0 aromatic carbocycles. The number of aromatic nitrogens is 5. The van der Waals surface area contributed by atoms with Gasteiger partial charge >= 0.3 is 6.09 Å². The molecule has 4 aromatic heterocycles. The highest BCUT2D eigenvalue weighted by atomic mass is 16.6. The van der Waals surface area contributed by atoms with Crippen LogP contribution in [-0.2, 0) is 9.53 Å². The van der Waals surface area contributed by atoms with Crippen molar-refractivity contribution in [3.8, 4) is 17.1 Å². The Balaban J connectivity index is 1.23. The van der Waals surface area contributed by atoms with Crippen LogP contribution in [0.3, 0.4) is 0 Å². The lowest BCUT2D eigenvalue weighted by molar-refractivity contribution is -0.117. The number of anilines is 1. The topological polar surface area (TPSA) is 124 Å². The molecule has 39 heavy (non-hydrogen) atoms. The molecule has 1 atom stereocenters. The maximum absolute atomic E-state index is 12.4. The van der Waals surface area contributed by atoms with E-state index in [1.807, 2.05) is 45.9 Å². The van der Waals surface area contributed by atoms with Crippen LogP contribution in [0.2, 0.25) is 0 Å². The third kappa shape index (κ3) is 5.34. The van der Waals surface area contributed by atoms with E-state index in [-0.39, 0.29) is 24.0 Å². The number of amides is 2. The zero-order valence-corrected chi connectivity index (χ0v) is 22.5. The van der Waals surface area contributed by atoms with Crippen LogP contribution in [0.5, 0.6) is 5.75 Å². The first-order valence-corrected chi connectivity index (χ1v) is 13.2. The number of hydrogen-bond acceptors (Lipinski definition) is 8. The smallest absolute Gasteiger partial charge is 0.410 e. The minimum atomic E-state index is -0.535. The number of nitrogens with one attached hydrogen (secondary N) is 1. The average molecular weight is 530 g/mol. The van der Waals surface area contributed by atoms with E-state index in [4.69, 9.17) is 19.6 Å². The summed E-state index contributed by atoms with van der Waals surface area (Å²) in [4.78, 5) is 40.0. The van der Waals surface area contributed by atoms with E-state index in [1.54, 1.807) is 28.0 Å². The average Bonchev–Trinajstić information content (AvgIpc) is 3.49. The first-order valence-electron chi connectivity index (χ1n) is 13.2. The summed E-state index contributed by atoms with van der Waals surface area (Å²) in [6, 6.07) is 5.56. The highest BCUT2D eigenvalue weighted by Gasteiger charge is 2.31. The lowest BCUT2D eigenvalue weighted by Gasteiger charge is -2.24. The fourth-order valence-electron chi connectivity index (χ4n) is 4.64. The number of carbonyl (C=O) groups excluding carboxylic acids is 2. The van der Waals surface area contributed by atoms with Gasteiger partial charge in [-0.3, -0.25) is 9.78 Å². The molecule has 11 heteroatoms. The second-order valence-electron chi connectivity index (χ2n) is 11.2. The SMILES string of the molecule is Cc1ncc(-c2nc3ccc(OC4CCN(C(=O)OC(C)(C)C)C4)cn3n2)c2cc(NC(=O)C3CC3)ncc12. The summed E-state index contributed by atoms with van der Waals surface area (Å²) < 4.78 is 13.3. The molecule has 2 aliphatic rings. The Morgan fingerprint density at radius 2 is 1.90 bits per heavy atom. The van der Waals surface area contributed by atoms with Gasteiger partial charge in [-0.1, -0.05) is 0 Å². The van der Waals surface area contributed by atoms with E-state index in [1.165, 1.54) is 0 Å². The van der Waals surface area contributed by atoms with Crippen LogP contribution < -0.4 is 10.1 Å². The number of aryl methyl sites for hydroxylation is 1. The summed E-state index contributed by atoms with van der Waals surface area (Å²) in [6.07, 6.45) is 7.37. The van der Waals surface area contributed by atoms with Crippen molar-refractivity contribution in [2.75, 3.05) is 18.4 Å². The van der Waals surface area contributed by atoms with Crippen molar-refractivity contribution in [1.82, 2.24) is 29.5 Å². The Kier molecular flexibility index (Phi) is 6.08. The monoisotopic (exact) mass is 529 g/mol. The van der Waals surface area contributed by atoms with Gasteiger partial charge < -0.3 is 19.7 Å². The minimum absolute atomic E-state index is 0.00374. The Hall–Kier alpha value is -4.28. The molecule has 1 N–H and O–H groups in total. The Morgan fingerprint density at radius 3 is 2.67 bits per heavy atom. The Bertz CT molecular complexity index is 1590. The normalized spacial score (nSPS) is 17.5. The van der Waals surface area contributed by atoms with E-state index in [9.17, 15) is 9.59 Å². The third-order valence-corrected chi connectivity index (χ3v) is 6.81. The zero-order chi connectivity index (χ0) is 27.3. The van der Waals surface area contributed by atoms with Crippen LogP contribution in [0.4, 0.5) is 10.6 Å². The Morgan fingerprint density at radius 1 is 1.08 bits per heavy atom. The largest absolute Gasteiger partial charge is 0.487 e. The molecule has 5 heterocycles. The summed E-state index contributed by atoms with van der Waals surface area (Å²) in [6.45, 7) is 8.54. The molecule has 4 aromatic rings. The molecule has 2 fully saturated rings. The maximum atomic E-state index is 12.4. The first kappa shape index (κ1) is 25.0. The molecular formula is C28H31N7O4. The van der Waals surface area contributed by atoms with Crippen molar-refractivity contribution >= 4 is 34.2 Å². The van der Waals surface area contributed by atoms with Gasteiger partial charge in [0.2, 0.25) is 5.91 Å². The summed E-state index contributed by atoms with van der Waals surface area (Å²) >= 11 is 0. The summed E-state index contributed by atoms with van der Waals surface area (Å²) in [7, 11) is 0. The standard InChI is InChI=1S/C28H31N7O4/c1-16-21-12-30-23(31-26(36)17-5-6-17)11-20(21)22(13-29-16)25-32-24-8-7-18(15-35(24)33-25)38-19-9-10-34(14-19)27(37)39-28(2,3)4/h7-8,11-13,15,17,19H,5-6,9-10,14H2,1-4H3,(H,30,31,36). The van der Waals surface area contributed by atoms with Gasteiger partial charge in [0.05, 0.1) is 12.7 Å². The van der Waals surface area contributed by atoms with Crippen LogP contribution in [0.1, 0.15) is 45.7 Å². The van der Waals surface area contributed by atoms with Crippen LogP contribution in [0.25, 0.3) is 27.8 Å². The maximum Gasteiger partial charge on any atom is 0.410 e. The third-order valence-electron chi connectivity index (χ3n) is 6.81. The van der Waals surface area contributed by atoms with Crippen molar-refractivity contribution in [3.63, 3.8) is 0 Å². The summed E-state index contributed by atoms with van der Waals surface area (Å²) in [5, 5.41) is 9.36. The van der Waals surface area contributed by atoms with Gasteiger partial charge in [0.25, 0.3) is 0 Å². The number of rotatable bonds is 5. The van der Waals surface area contributed by atoms with Crippen LogP contribution in [-0.4, -0.2) is 66.3 Å². The lowest BCUT2D eigenvalue weighted by Crippen LogP contribution is -2.36. The molecule has 1 unspecified atom stereocenters. The van der Waals surface area contributed by atoms with Crippen LogP contribution in [0.15, 0.2) is 36.8 Å². The predicted molar refractivity (Wildman–Crippen MR) is 144 cm³/mol. The van der Waals surface area contributed by atoms with Gasteiger partial charge in [0, 0.05) is 53.3 Å². The molecule has 1 saturated heterocycles. The van der Waals surface area contributed by atoms with Crippen molar-refractivity contribution in [2.45, 2.75) is 58.7 Å². The van der Waals surface area contributed by atoms with Crippen molar-refractivity contribution in [3.05, 3.63) is 42.5 Å². The first-order chi connectivity index (χ1) is 18.6. The highest BCUT2D eigenvalue weighted by molar-refractivity contribution is 6.00. The summed E-state index contributed by atoms with van der Waals surface area (Å²) in [5.74, 6) is 1.73. The minimum Gasteiger partial charge on any atom is -0.487 e. The molecule has 0 spiro atoms. The highest BCUT2D eigenvalue weighted by Crippen LogP contribution is 2.32. The number of carbonyl (C=O) groups is 2. The number of fused-ring (bicyclic) bond motifs is 2. The van der Waals surface area contributed by atoms with Crippen molar-refractivity contribution in [2.24, 2.45) is 5.92 Å². The molecule has 1 aliphatic carbocycles. The van der Waals surface area contributed by atoms with Gasteiger partial charge in [-0.15, -0.1) is 5.10 Å². The molecule has 0 radical (unpaired) electrons. The molecule has 2 amide bonds. The lowest BCUT2D eigenvalue weighted by atomic mass is 10.1. The molecule has 6 rings (SSSR count). The molecular weight excluding hydrogens is 498 g/mol. The Labute approximate surface area is 225 Å².